The number of piperidine rings is 1. The molecule has 1 amide bonds. The number of rotatable bonds is 4. The Kier molecular flexibility index (Phi) is 5.05. The molecule has 0 bridgehead atoms. The maximum absolute atomic E-state index is 11.7. The molecule has 3 heteroatoms. The molecule has 0 radical (unpaired) electrons. The molecular weight excluding hydrogens is 248 g/mol. The number of anilines is 2. The van der Waals surface area contributed by atoms with Gasteiger partial charge in [-0.05, 0) is 56.4 Å². The zero-order valence-corrected chi connectivity index (χ0v) is 12.9. The van der Waals surface area contributed by atoms with E-state index in [-0.39, 0.29) is 5.91 Å². The van der Waals surface area contributed by atoms with E-state index in [9.17, 15) is 4.79 Å². The summed E-state index contributed by atoms with van der Waals surface area (Å²) >= 11 is 0. The van der Waals surface area contributed by atoms with Crippen molar-refractivity contribution in [1.29, 1.82) is 0 Å². The van der Waals surface area contributed by atoms with Gasteiger partial charge in [0.15, 0.2) is 0 Å². The highest BCUT2D eigenvalue weighted by molar-refractivity contribution is 5.91. The predicted molar refractivity (Wildman–Crippen MR) is 85.2 cm³/mol. The van der Waals surface area contributed by atoms with E-state index in [0.29, 0.717) is 18.4 Å². The lowest BCUT2D eigenvalue weighted by Gasteiger charge is -2.35. The van der Waals surface area contributed by atoms with E-state index >= 15 is 0 Å². The topological polar surface area (TPSA) is 32.3 Å². The molecular formula is C17H26N2O. The Balaban J connectivity index is 1.97. The number of nitrogens with one attached hydrogen (secondary N) is 1. The largest absolute Gasteiger partial charge is 0.369 e. The molecule has 0 aromatic heterocycles. The standard InChI is InChI=1S/C17H26N2O/c1-13(2)12-17(20)18-15-7-9-16(10-8-15)19-11-5-4-6-14(19)3/h7-10,13-14H,4-6,11-12H2,1-3H3,(H,18,20)/t14-/m0/s1. The maximum Gasteiger partial charge on any atom is 0.224 e. The number of nitrogens with zero attached hydrogens (tertiary/aromatic N) is 1. The van der Waals surface area contributed by atoms with Crippen molar-refractivity contribution in [2.45, 2.75) is 52.5 Å². The molecule has 0 spiro atoms. The number of benzene rings is 1. The molecule has 110 valence electrons. The summed E-state index contributed by atoms with van der Waals surface area (Å²) in [6, 6.07) is 8.87. The third-order valence-corrected chi connectivity index (χ3v) is 3.88. The quantitative estimate of drug-likeness (QED) is 0.898. The highest BCUT2D eigenvalue weighted by atomic mass is 16.1. The first-order valence-corrected chi connectivity index (χ1v) is 7.73. The van der Waals surface area contributed by atoms with Crippen LogP contribution in [0.1, 0.15) is 46.5 Å². The van der Waals surface area contributed by atoms with Crippen LogP contribution in [0.2, 0.25) is 0 Å². The van der Waals surface area contributed by atoms with Crippen molar-refractivity contribution in [3.05, 3.63) is 24.3 Å². The SMILES string of the molecule is CC(C)CC(=O)Nc1ccc(N2CCCC[C@@H]2C)cc1. The average molecular weight is 274 g/mol. The van der Waals surface area contributed by atoms with Crippen molar-refractivity contribution < 1.29 is 4.79 Å². The summed E-state index contributed by atoms with van der Waals surface area (Å²) in [5, 5.41) is 2.96. The van der Waals surface area contributed by atoms with Gasteiger partial charge < -0.3 is 10.2 Å². The summed E-state index contributed by atoms with van der Waals surface area (Å²) in [5.74, 6) is 0.488. The third-order valence-electron chi connectivity index (χ3n) is 3.88. The van der Waals surface area contributed by atoms with Crippen LogP contribution < -0.4 is 10.2 Å². The number of carbonyl (C=O) groups is 1. The van der Waals surface area contributed by atoms with Gasteiger partial charge in [0.2, 0.25) is 5.91 Å². The molecule has 1 fully saturated rings. The van der Waals surface area contributed by atoms with Gasteiger partial charge in [0.25, 0.3) is 0 Å². The van der Waals surface area contributed by atoms with E-state index in [2.05, 4.69) is 43.1 Å². The van der Waals surface area contributed by atoms with Crippen LogP contribution in [0.4, 0.5) is 11.4 Å². The molecule has 1 saturated heterocycles. The third kappa shape index (κ3) is 3.99. The summed E-state index contributed by atoms with van der Waals surface area (Å²) in [6.07, 6.45) is 4.45. The number of hydrogen-bond donors (Lipinski definition) is 1. The fourth-order valence-electron chi connectivity index (χ4n) is 2.80. The van der Waals surface area contributed by atoms with Gasteiger partial charge in [0, 0.05) is 30.4 Å². The van der Waals surface area contributed by atoms with E-state index < -0.39 is 0 Å². The molecule has 1 atom stereocenters. The number of amides is 1. The second-order valence-corrected chi connectivity index (χ2v) is 6.23. The van der Waals surface area contributed by atoms with Crippen molar-refractivity contribution >= 4 is 17.3 Å². The van der Waals surface area contributed by atoms with Gasteiger partial charge in [-0.2, -0.15) is 0 Å². The Hall–Kier alpha value is -1.51. The molecule has 2 rings (SSSR count). The molecule has 1 aromatic rings. The first-order valence-electron chi connectivity index (χ1n) is 7.73. The highest BCUT2D eigenvalue weighted by Gasteiger charge is 2.18. The molecule has 20 heavy (non-hydrogen) atoms. The minimum absolute atomic E-state index is 0.0964. The van der Waals surface area contributed by atoms with Gasteiger partial charge in [-0.15, -0.1) is 0 Å². The van der Waals surface area contributed by atoms with Gasteiger partial charge in [-0.25, -0.2) is 0 Å². The van der Waals surface area contributed by atoms with E-state index in [0.717, 1.165) is 12.2 Å². The highest BCUT2D eigenvalue weighted by Crippen LogP contribution is 2.25. The molecule has 0 saturated carbocycles. The Bertz CT molecular complexity index is 439. The summed E-state index contributed by atoms with van der Waals surface area (Å²) < 4.78 is 0. The second-order valence-electron chi connectivity index (χ2n) is 6.23. The first-order chi connectivity index (χ1) is 9.56. The van der Waals surface area contributed by atoms with E-state index in [1.54, 1.807) is 0 Å². The van der Waals surface area contributed by atoms with E-state index in [1.807, 2.05) is 12.1 Å². The molecule has 1 aliphatic rings. The van der Waals surface area contributed by atoms with Crippen LogP contribution in [0.5, 0.6) is 0 Å². The lowest BCUT2D eigenvalue weighted by Crippen LogP contribution is -2.37. The molecule has 0 unspecified atom stereocenters. The van der Waals surface area contributed by atoms with Crippen LogP contribution in [0.3, 0.4) is 0 Å². The average Bonchev–Trinajstić information content (AvgIpc) is 2.39. The second kappa shape index (κ2) is 6.78. The summed E-state index contributed by atoms with van der Waals surface area (Å²) in [5.41, 5.74) is 2.16. The Morgan fingerprint density at radius 3 is 2.60 bits per heavy atom. The first kappa shape index (κ1) is 14.9. The molecule has 3 nitrogen and oxygen atoms in total. The maximum atomic E-state index is 11.7. The number of hydrogen-bond acceptors (Lipinski definition) is 2. The van der Waals surface area contributed by atoms with Crippen molar-refractivity contribution in [2.24, 2.45) is 5.92 Å². The van der Waals surface area contributed by atoms with Crippen LogP contribution in [0, 0.1) is 5.92 Å². The molecule has 1 heterocycles. The molecule has 1 N–H and O–H groups in total. The van der Waals surface area contributed by atoms with E-state index in [4.69, 9.17) is 0 Å². The summed E-state index contributed by atoms with van der Waals surface area (Å²) in [6.45, 7) is 7.54. The van der Waals surface area contributed by atoms with Gasteiger partial charge in [0.1, 0.15) is 0 Å². The van der Waals surface area contributed by atoms with Crippen molar-refractivity contribution in [3.63, 3.8) is 0 Å². The van der Waals surface area contributed by atoms with Crippen molar-refractivity contribution in [3.8, 4) is 0 Å². The fraction of sp³-hybridized carbons (Fsp3) is 0.588. The van der Waals surface area contributed by atoms with Crippen LogP contribution >= 0.6 is 0 Å². The monoisotopic (exact) mass is 274 g/mol. The zero-order valence-electron chi connectivity index (χ0n) is 12.9. The van der Waals surface area contributed by atoms with Crippen LogP contribution in [-0.2, 0) is 4.79 Å². The van der Waals surface area contributed by atoms with Crippen LogP contribution in [0.25, 0.3) is 0 Å². The lowest BCUT2D eigenvalue weighted by atomic mass is 10.0. The summed E-state index contributed by atoms with van der Waals surface area (Å²) in [4.78, 5) is 14.2. The molecule has 1 aromatic carbocycles. The van der Waals surface area contributed by atoms with Gasteiger partial charge in [0.05, 0.1) is 0 Å². The smallest absolute Gasteiger partial charge is 0.224 e. The fourth-order valence-corrected chi connectivity index (χ4v) is 2.80. The minimum Gasteiger partial charge on any atom is -0.369 e. The lowest BCUT2D eigenvalue weighted by molar-refractivity contribution is -0.116. The van der Waals surface area contributed by atoms with Gasteiger partial charge in [-0.3, -0.25) is 4.79 Å². The molecule has 0 aliphatic carbocycles. The summed E-state index contributed by atoms with van der Waals surface area (Å²) in [7, 11) is 0. The van der Waals surface area contributed by atoms with E-state index in [1.165, 1.54) is 24.9 Å². The Labute approximate surface area is 122 Å². The van der Waals surface area contributed by atoms with Crippen LogP contribution in [-0.4, -0.2) is 18.5 Å². The minimum atomic E-state index is 0.0964. The zero-order chi connectivity index (χ0) is 14.5. The Morgan fingerprint density at radius 2 is 2.00 bits per heavy atom. The predicted octanol–water partition coefficient (Wildman–Crippen LogP) is 4.05. The number of carbonyl (C=O) groups excluding carboxylic acids is 1. The van der Waals surface area contributed by atoms with Crippen molar-refractivity contribution in [2.75, 3.05) is 16.8 Å². The Morgan fingerprint density at radius 1 is 1.30 bits per heavy atom. The normalized spacial score (nSPS) is 19.2. The van der Waals surface area contributed by atoms with Crippen molar-refractivity contribution in [1.82, 2.24) is 0 Å². The molecule has 1 aliphatic heterocycles. The van der Waals surface area contributed by atoms with Crippen LogP contribution in [0.15, 0.2) is 24.3 Å². The van der Waals surface area contributed by atoms with Gasteiger partial charge in [-0.1, -0.05) is 13.8 Å². The van der Waals surface area contributed by atoms with Gasteiger partial charge >= 0.3 is 0 Å².